The highest BCUT2D eigenvalue weighted by atomic mass is 32.1. The predicted octanol–water partition coefficient (Wildman–Crippen LogP) is 2.18. The number of nitrogens with zero attached hydrogens (tertiary/aromatic N) is 5. The first-order valence-electron chi connectivity index (χ1n) is 6.38. The topological polar surface area (TPSA) is 111 Å². The minimum atomic E-state index is -0.460. The fourth-order valence-corrected chi connectivity index (χ4v) is 2.77. The van der Waals surface area contributed by atoms with Crippen LogP contribution in [0.2, 0.25) is 0 Å². The van der Waals surface area contributed by atoms with Gasteiger partial charge in [-0.3, -0.25) is 0 Å². The number of nitrogens with one attached hydrogen (secondary N) is 1. The Morgan fingerprint density at radius 3 is 3.14 bits per heavy atom. The van der Waals surface area contributed by atoms with Gasteiger partial charge in [-0.2, -0.15) is 9.38 Å². The second kappa shape index (κ2) is 4.52. The summed E-state index contributed by atoms with van der Waals surface area (Å²) < 4.78 is 6.94. The van der Waals surface area contributed by atoms with Crippen molar-refractivity contribution in [1.29, 1.82) is 0 Å². The van der Waals surface area contributed by atoms with E-state index in [4.69, 9.17) is 4.42 Å². The molecule has 3 aromatic heterocycles. The van der Waals surface area contributed by atoms with E-state index in [0.717, 1.165) is 12.8 Å². The predicted molar refractivity (Wildman–Crippen MR) is 73.3 cm³/mol. The van der Waals surface area contributed by atoms with Gasteiger partial charge in [-0.15, -0.1) is 10.2 Å². The largest absolute Gasteiger partial charge is 0.423 e. The van der Waals surface area contributed by atoms with Crippen molar-refractivity contribution < 1.29 is 9.34 Å². The highest BCUT2D eigenvalue weighted by Gasteiger charge is 2.29. The van der Waals surface area contributed by atoms with Gasteiger partial charge in [-0.1, -0.05) is 11.3 Å². The molecule has 1 N–H and O–H groups in total. The van der Waals surface area contributed by atoms with Crippen molar-refractivity contribution in [2.24, 2.45) is 0 Å². The molecular weight excluding hydrogens is 296 g/mol. The van der Waals surface area contributed by atoms with Crippen LogP contribution in [-0.2, 0) is 6.54 Å². The molecule has 1 fully saturated rings. The van der Waals surface area contributed by atoms with E-state index in [2.05, 4.69) is 20.5 Å². The Morgan fingerprint density at radius 1 is 1.52 bits per heavy atom. The van der Waals surface area contributed by atoms with Crippen molar-refractivity contribution in [2.75, 3.05) is 5.32 Å². The first-order chi connectivity index (χ1) is 10.2. The van der Waals surface area contributed by atoms with Gasteiger partial charge in [0.25, 0.3) is 4.96 Å². The molecule has 21 heavy (non-hydrogen) atoms. The van der Waals surface area contributed by atoms with E-state index < -0.39 is 4.92 Å². The first kappa shape index (κ1) is 12.3. The van der Waals surface area contributed by atoms with Crippen molar-refractivity contribution in [2.45, 2.75) is 25.3 Å². The summed E-state index contributed by atoms with van der Waals surface area (Å²) >= 11 is 1.33. The minimum absolute atomic E-state index is 0.0896. The maximum Gasteiger partial charge on any atom is 0.372 e. The van der Waals surface area contributed by atoms with Crippen LogP contribution < -0.4 is 5.32 Å². The molecule has 0 amide bonds. The summed E-state index contributed by atoms with van der Waals surface area (Å²) in [5.74, 6) is 1.56. The van der Waals surface area contributed by atoms with Gasteiger partial charge in [0.2, 0.25) is 17.6 Å². The molecule has 3 heterocycles. The van der Waals surface area contributed by atoms with Crippen LogP contribution in [0.3, 0.4) is 0 Å². The van der Waals surface area contributed by atoms with Crippen molar-refractivity contribution in [1.82, 2.24) is 19.6 Å². The average Bonchev–Trinajstić information content (AvgIpc) is 2.89. The molecule has 10 heteroatoms. The number of fused-ring (bicyclic) bond motifs is 1. The molecule has 4 rings (SSSR count). The minimum Gasteiger partial charge on any atom is -0.423 e. The maximum atomic E-state index is 11.2. The summed E-state index contributed by atoms with van der Waals surface area (Å²) in [4.78, 5) is 15.5. The third kappa shape index (κ3) is 2.13. The number of thiazole rings is 1. The molecule has 0 saturated heterocycles. The van der Waals surface area contributed by atoms with E-state index in [1.165, 1.54) is 15.7 Å². The monoisotopic (exact) mass is 306 g/mol. The highest BCUT2D eigenvalue weighted by molar-refractivity contribution is 7.15. The summed E-state index contributed by atoms with van der Waals surface area (Å²) in [7, 11) is 0. The molecule has 1 aliphatic carbocycles. The van der Waals surface area contributed by atoms with Gasteiger partial charge in [-0.25, -0.2) is 0 Å². The summed E-state index contributed by atoms with van der Waals surface area (Å²) in [6.45, 7) is 0.214. The standard InChI is InChI=1S/C11H10N6O3S/c18-17(19)10-8(13-11-16(10)3-4-21-11)12-5-7-14-15-9(20-7)6-1-2-6/h3-4,6,12H,1-2,5H2. The van der Waals surface area contributed by atoms with Gasteiger partial charge in [0.1, 0.15) is 6.20 Å². The summed E-state index contributed by atoms with van der Waals surface area (Å²) in [6, 6.07) is 0. The lowest BCUT2D eigenvalue weighted by Gasteiger charge is -1.99. The number of hydrogen-bond donors (Lipinski definition) is 1. The quantitative estimate of drug-likeness (QED) is 0.568. The lowest BCUT2D eigenvalue weighted by molar-refractivity contribution is -0.389. The normalized spacial score (nSPS) is 14.7. The van der Waals surface area contributed by atoms with Crippen molar-refractivity contribution in [3.8, 4) is 0 Å². The molecule has 0 aromatic carbocycles. The Balaban J connectivity index is 1.56. The van der Waals surface area contributed by atoms with E-state index >= 15 is 0 Å². The Morgan fingerprint density at radius 2 is 2.38 bits per heavy atom. The molecule has 0 spiro atoms. The number of aromatic nitrogens is 4. The second-order valence-corrected chi connectivity index (χ2v) is 5.63. The van der Waals surface area contributed by atoms with Crippen molar-refractivity contribution in [3.05, 3.63) is 33.5 Å². The number of anilines is 1. The third-order valence-electron chi connectivity index (χ3n) is 3.23. The maximum absolute atomic E-state index is 11.2. The Bertz CT molecular complexity index is 817. The van der Waals surface area contributed by atoms with Gasteiger partial charge >= 0.3 is 5.82 Å². The molecule has 3 aromatic rings. The summed E-state index contributed by atoms with van der Waals surface area (Å²) in [5, 5.41) is 23.7. The lowest BCUT2D eigenvalue weighted by Crippen LogP contribution is -2.03. The second-order valence-electron chi connectivity index (χ2n) is 4.76. The molecule has 0 bridgehead atoms. The molecule has 108 valence electrons. The smallest absolute Gasteiger partial charge is 0.372 e. The molecule has 0 aliphatic heterocycles. The zero-order chi connectivity index (χ0) is 14.4. The zero-order valence-corrected chi connectivity index (χ0v) is 11.5. The lowest BCUT2D eigenvalue weighted by atomic mass is 10.4. The Labute approximate surface area is 121 Å². The molecule has 0 atom stereocenters. The number of rotatable bonds is 5. The van der Waals surface area contributed by atoms with Crippen LogP contribution in [0.4, 0.5) is 11.6 Å². The molecule has 0 radical (unpaired) electrons. The number of imidazole rings is 1. The fourth-order valence-electron chi connectivity index (χ4n) is 2.06. The van der Waals surface area contributed by atoms with E-state index in [-0.39, 0.29) is 18.2 Å². The van der Waals surface area contributed by atoms with E-state index in [9.17, 15) is 10.1 Å². The number of hydrogen-bond acceptors (Lipinski definition) is 8. The van der Waals surface area contributed by atoms with Gasteiger partial charge < -0.3 is 19.8 Å². The average molecular weight is 306 g/mol. The fraction of sp³-hybridized carbons (Fsp3) is 0.364. The van der Waals surface area contributed by atoms with Crippen LogP contribution in [0, 0.1) is 10.1 Å². The Hall–Kier alpha value is -2.49. The van der Waals surface area contributed by atoms with E-state index in [1.807, 2.05) is 0 Å². The first-order valence-corrected chi connectivity index (χ1v) is 7.26. The number of nitro groups is 1. The molecule has 0 unspecified atom stereocenters. The molecular formula is C11H10N6O3S. The summed E-state index contributed by atoms with van der Waals surface area (Å²) in [6.07, 6.45) is 3.78. The van der Waals surface area contributed by atoms with Crippen LogP contribution in [0.5, 0.6) is 0 Å². The third-order valence-corrected chi connectivity index (χ3v) is 3.98. The van der Waals surface area contributed by atoms with Gasteiger partial charge in [0, 0.05) is 11.3 Å². The van der Waals surface area contributed by atoms with Gasteiger partial charge in [0.05, 0.1) is 6.54 Å². The van der Waals surface area contributed by atoms with Crippen molar-refractivity contribution >= 4 is 27.9 Å². The van der Waals surface area contributed by atoms with Gasteiger partial charge in [0.15, 0.2) is 0 Å². The van der Waals surface area contributed by atoms with Crippen molar-refractivity contribution in [3.63, 3.8) is 0 Å². The van der Waals surface area contributed by atoms with E-state index in [1.54, 1.807) is 11.6 Å². The molecule has 9 nitrogen and oxygen atoms in total. The molecule has 1 aliphatic rings. The van der Waals surface area contributed by atoms with Crippen LogP contribution >= 0.6 is 11.3 Å². The van der Waals surface area contributed by atoms with Crippen LogP contribution in [0.1, 0.15) is 30.5 Å². The molecule has 1 saturated carbocycles. The zero-order valence-electron chi connectivity index (χ0n) is 10.7. The highest BCUT2D eigenvalue weighted by Crippen LogP contribution is 2.39. The Kier molecular flexibility index (Phi) is 2.64. The van der Waals surface area contributed by atoms with Crippen LogP contribution in [0.15, 0.2) is 16.0 Å². The van der Waals surface area contributed by atoms with Crippen LogP contribution in [-0.4, -0.2) is 24.5 Å². The SMILES string of the molecule is O=[N+]([O-])c1c(NCc2nnc(C3CC3)o2)nc2sccn12. The van der Waals surface area contributed by atoms with Gasteiger partial charge in [-0.05, 0) is 17.8 Å². The van der Waals surface area contributed by atoms with Crippen LogP contribution in [0.25, 0.3) is 4.96 Å². The van der Waals surface area contributed by atoms with E-state index in [0.29, 0.717) is 22.7 Å². The summed E-state index contributed by atoms with van der Waals surface area (Å²) in [5.41, 5.74) is 0.